The number of thiazole rings is 2. The molecule has 0 spiro atoms. The third kappa shape index (κ3) is 10.6. The van der Waals surface area contributed by atoms with Gasteiger partial charge in [-0.2, -0.15) is 35.0 Å². The maximum Gasteiger partial charge on any atom is 0.416 e. The smallest absolute Gasteiger partial charge is 0.345 e. The molecule has 2 saturated heterocycles. The van der Waals surface area contributed by atoms with E-state index in [-0.39, 0.29) is 36.0 Å². The molecule has 0 saturated carbocycles. The first-order valence-corrected chi connectivity index (χ1v) is 24.4. The highest BCUT2D eigenvalue weighted by Gasteiger charge is 2.36. The number of hydrogen-bond donors (Lipinski definition) is 0. The molecule has 10 nitrogen and oxygen atoms in total. The maximum atomic E-state index is 13.0. The maximum absolute atomic E-state index is 13.0. The highest BCUT2D eigenvalue weighted by atomic mass is 79.9. The van der Waals surface area contributed by atoms with Crippen molar-refractivity contribution in [2.75, 3.05) is 62.2 Å². The van der Waals surface area contributed by atoms with E-state index < -0.39 is 43.5 Å². The van der Waals surface area contributed by atoms with Crippen molar-refractivity contribution < 1.29 is 43.2 Å². The van der Waals surface area contributed by atoms with Crippen molar-refractivity contribution >= 4 is 80.5 Å². The van der Waals surface area contributed by atoms with Gasteiger partial charge in [-0.15, -0.1) is 22.7 Å². The molecule has 0 atom stereocenters. The summed E-state index contributed by atoms with van der Waals surface area (Å²) in [4.78, 5) is 12.6. The molecule has 0 bridgehead atoms. The quantitative estimate of drug-likeness (QED) is 0.139. The predicted molar refractivity (Wildman–Crippen MR) is 233 cm³/mol. The number of rotatable bonds is 8. The summed E-state index contributed by atoms with van der Waals surface area (Å²) in [6.07, 6.45) is -9.20. The number of halogens is 8. The molecule has 8 rings (SSSR count). The van der Waals surface area contributed by atoms with Gasteiger partial charge in [-0.3, -0.25) is 0 Å². The van der Waals surface area contributed by atoms with Gasteiger partial charge < -0.3 is 9.80 Å². The molecule has 4 aromatic carbocycles. The zero-order valence-electron chi connectivity index (χ0n) is 32.0. The summed E-state index contributed by atoms with van der Waals surface area (Å²) in [7, 11) is -8.02. The van der Waals surface area contributed by atoms with Crippen LogP contribution in [0.2, 0.25) is 5.02 Å². The number of anilines is 2. The lowest BCUT2D eigenvalue weighted by Crippen LogP contribution is -2.48. The molecule has 4 heterocycles. The van der Waals surface area contributed by atoms with Gasteiger partial charge >= 0.3 is 12.4 Å². The SMILES string of the molecule is O=S(=O)(c1cccc(C(F)(F)F)c1)N1CCN(c2nc(-c3ccc(Cl)cc3)cs2)CC1.O=S(=O)(c1cccc(C(F)(F)F)c1)N1CCN(c2nc(-c3cccc(Br)c3)cs2)CC1. The largest absolute Gasteiger partial charge is 0.416 e. The van der Waals surface area contributed by atoms with E-state index in [1.54, 1.807) is 12.1 Å². The summed E-state index contributed by atoms with van der Waals surface area (Å²) in [5, 5.41) is 6.05. The van der Waals surface area contributed by atoms with Crippen molar-refractivity contribution in [3.63, 3.8) is 0 Å². The molecule has 6 aromatic rings. The Labute approximate surface area is 375 Å². The van der Waals surface area contributed by atoms with Gasteiger partial charge in [0.05, 0.1) is 32.3 Å². The molecule has 2 fully saturated rings. The number of aromatic nitrogens is 2. The number of piperazine rings is 2. The second-order valence-electron chi connectivity index (χ2n) is 13.9. The van der Waals surface area contributed by atoms with Crippen molar-refractivity contribution in [3.8, 4) is 22.5 Å². The van der Waals surface area contributed by atoms with Crippen LogP contribution in [0.25, 0.3) is 22.5 Å². The van der Waals surface area contributed by atoms with Crippen molar-refractivity contribution in [3.05, 3.63) is 128 Å². The van der Waals surface area contributed by atoms with Gasteiger partial charge in [0.1, 0.15) is 0 Å². The van der Waals surface area contributed by atoms with Crippen LogP contribution in [-0.2, 0) is 32.4 Å². The zero-order valence-corrected chi connectivity index (χ0v) is 37.6. The first kappa shape index (κ1) is 45.9. The lowest BCUT2D eigenvalue weighted by molar-refractivity contribution is -0.138. The third-order valence-electron chi connectivity index (χ3n) is 9.86. The Hall–Kier alpha value is -4.09. The number of sulfonamides is 2. The third-order valence-corrected chi connectivity index (χ3v) is 16.2. The predicted octanol–water partition coefficient (Wildman–Crippen LogP) is 10.1. The standard InChI is InChI=1S/C20H17BrF3N3O2S2.C20H17ClF3N3O2S2/c21-16-5-1-3-14(11-16)18-13-30-19(25-18)26-7-9-27(10-8-26)31(28,29)17-6-2-4-15(12-17)20(22,23)24;21-16-6-4-14(5-7-16)18-13-30-19(25-18)26-8-10-27(11-9-26)31(28,29)17-3-1-2-15(12-17)20(22,23)24/h1-6,11-13H,7-10H2;1-7,12-13H,8-11H2. The van der Waals surface area contributed by atoms with Crippen LogP contribution in [0.1, 0.15) is 11.1 Å². The zero-order chi connectivity index (χ0) is 44.5. The minimum atomic E-state index is -4.60. The van der Waals surface area contributed by atoms with Gasteiger partial charge in [0, 0.05) is 83.7 Å². The second-order valence-corrected chi connectivity index (χ2v) is 20.8. The van der Waals surface area contributed by atoms with Crippen LogP contribution in [0.4, 0.5) is 36.6 Å². The van der Waals surface area contributed by atoms with Crippen LogP contribution in [0.15, 0.2) is 122 Å². The summed E-state index contributed by atoms with van der Waals surface area (Å²) >= 11 is 12.3. The van der Waals surface area contributed by atoms with Gasteiger partial charge in [0.25, 0.3) is 0 Å². The van der Waals surface area contributed by atoms with Gasteiger partial charge in [0.15, 0.2) is 10.3 Å². The average molecular weight is 1020 g/mol. The summed E-state index contributed by atoms with van der Waals surface area (Å²) in [6.45, 7) is 2.27. The molecule has 62 heavy (non-hydrogen) atoms. The van der Waals surface area contributed by atoms with E-state index in [1.807, 2.05) is 57.0 Å². The summed E-state index contributed by atoms with van der Waals surface area (Å²) in [5.41, 5.74) is 1.58. The molecule has 0 N–H and O–H groups in total. The van der Waals surface area contributed by atoms with E-state index in [9.17, 15) is 43.2 Å². The van der Waals surface area contributed by atoms with E-state index in [1.165, 1.54) is 43.4 Å². The van der Waals surface area contributed by atoms with Gasteiger partial charge in [0.2, 0.25) is 20.0 Å². The van der Waals surface area contributed by atoms with Gasteiger partial charge in [-0.1, -0.05) is 63.9 Å². The summed E-state index contributed by atoms with van der Waals surface area (Å²) in [5.74, 6) is 0. The van der Waals surface area contributed by atoms with Crippen LogP contribution < -0.4 is 9.80 Å². The highest BCUT2D eigenvalue weighted by Crippen LogP contribution is 2.35. The molecule has 2 aliphatic rings. The van der Waals surface area contributed by atoms with Crippen LogP contribution in [0, 0.1) is 0 Å². The number of nitrogens with zero attached hydrogens (tertiary/aromatic N) is 6. The van der Waals surface area contributed by atoms with Crippen LogP contribution in [0.5, 0.6) is 0 Å². The van der Waals surface area contributed by atoms with Crippen molar-refractivity contribution in [2.45, 2.75) is 22.1 Å². The number of hydrogen-bond acceptors (Lipinski definition) is 10. The van der Waals surface area contributed by atoms with Gasteiger partial charge in [-0.05, 0) is 60.7 Å². The highest BCUT2D eigenvalue weighted by molar-refractivity contribution is 9.10. The van der Waals surface area contributed by atoms with E-state index >= 15 is 0 Å². The Morgan fingerprint density at radius 3 is 1.39 bits per heavy atom. The molecule has 0 amide bonds. The first-order chi connectivity index (χ1) is 29.3. The molecule has 2 aromatic heterocycles. The summed E-state index contributed by atoms with van der Waals surface area (Å²) < 4.78 is 133. The number of alkyl halides is 6. The Balaban J connectivity index is 0.000000186. The summed E-state index contributed by atoms with van der Waals surface area (Å²) in [6, 6.07) is 22.8. The molecule has 0 aliphatic carbocycles. The molecule has 22 heteroatoms. The van der Waals surface area contributed by atoms with Crippen molar-refractivity contribution in [1.82, 2.24) is 18.6 Å². The van der Waals surface area contributed by atoms with Crippen molar-refractivity contribution in [2.24, 2.45) is 0 Å². The molecule has 2 aliphatic heterocycles. The van der Waals surface area contributed by atoms with Crippen LogP contribution >= 0.6 is 50.2 Å². The Bertz CT molecular complexity index is 2740. The first-order valence-electron chi connectivity index (χ1n) is 18.6. The van der Waals surface area contributed by atoms with Crippen molar-refractivity contribution in [1.29, 1.82) is 0 Å². The average Bonchev–Trinajstić information content (AvgIpc) is 3.96. The minimum absolute atomic E-state index is 0.161. The Morgan fingerprint density at radius 1 is 0.548 bits per heavy atom. The molecular weight excluding hydrogens is 986 g/mol. The molecule has 0 radical (unpaired) electrons. The van der Waals surface area contributed by atoms with E-state index in [2.05, 4.69) is 25.9 Å². The topological polar surface area (TPSA) is 107 Å². The monoisotopic (exact) mass is 1020 g/mol. The fraction of sp³-hybridized carbons (Fsp3) is 0.250. The molecular formula is C40H34BrClF6N6O4S4. The van der Waals surface area contributed by atoms with E-state index in [4.69, 9.17) is 11.6 Å². The Morgan fingerprint density at radius 2 is 0.968 bits per heavy atom. The van der Waals surface area contributed by atoms with E-state index in [0.29, 0.717) is 43.3 Å². The van der Waals surface area contributed by atoms with Crippen LogP contribution in [-0.4, -0.2) is 87.8 Å². The normalized spacial score (nSPS) is 15.9. The molecule has 328 valence electrons. The fourth-order valence-electron chi connectivity index (χ4n) is 6.56. The van der Waals surface area contributed by atoms with Crippen LogP contribution in [0.3, 0.4) is 0 Å². The lowest BCUT2D eigenvalue weighted by atomic mass is 10.2. The molecule has 0 unspecified atom stereocenters. The lowest BCUT2D eigenvalue weighted by Gasteiger charge is -2.33. The Kier molecular flexibility index (Phi) is 13.7. The van der Waals surface area contributed by atoms with Gasteiger partial charge in [-0.25, -0.2) is 26.8 Å². The fourth-order valence-corrected chi connectivity index (χ4v) is 11.8. The van der Waals surface area contributed by atoms with E-state index in [0.717, 1.165) is 61.5 Å². The number of benzene rings is 4. The second kappa shape index (κ2) is 18.6. The minimum Gasteiger partial charge on any atom is -0.345 e.